The van der Waals surface area contributed by atoms with Crippen LogP contribution >= 0.6 is 0 Å². The maximum Gasteiger partial charge on any atom is 0.416 e. The van der Waals surface area contributed by atoms with Gasteiger partial charge in [0.25, 0.3) is 11.7 Å². The highest BCUT2D eigenvalue weighted by Gasteiger charge is 2.47. The van der Waals surface area contributed by atoms with Crippen LogP contribution in [0.1, 0.15) is 33.9 Å². The van der Waals surface area contributed by atoms with Crippen LogP contribution in [-0.4, -0.2) is 23.9 Å². The minimum Gasteiger partial charge on any atom is -0.507 e. The van der Waals surface area contributed by atoms with Crippen LogP contribution in [-0.2, 0) is 15.8 Å². The molecule has 1 N–H and O–H groups in total. The Kier molecular flexibility index (Phi) is 6.34. The number of hydrogen-bond acceptors (Lipinski definition) is 4. The van der Waals surface area contributed by atoms with Gasteiger partial charge in [-0.25, -0.2) is 4.39 Å². The minimum atomic E-state index is -4.69. The molecule has 1 heterocycles. The zero-order chi connectivity index (χ0) is 26.4. The Balaban J connectivity index is 1.97. The summed E-state index contributed by atoms with van der Waals surface area (Å²) in [7, 11) is 1.48. The van der Waals surface area contributed by atoms with Crippen LogP contribution in [0.15, 0.2) is 66.2 Å². The molecule has 5 nitrogen and oxygen atoms in total. The number of hydrogen-bond donors (Lipinski definition) is 1. The molecule has 1 atom stereocenters. The molecule has 0 spiro atoms. The van der Waals surface area contributed by atoms with E-state index in [0.717, 1.165) is 35.2 Å². The van der Waals surface area contributed by atoms with Gasteiger partial charge in [-0.2, -0.15) is 13.2 Å². The van der Waals surface area contributed by atoms with E-state index < -0.39 is 41.0 Å². The average molecular weight is 499 g/mol. The largest absolute Gasteiger partial charge is 0.507 e. The van der Waals surface area contributed by atoms with Crippen LogP contribution in [0.3, 0.4) is 0 Å². The number of carbonyl (C=O) groups is 2. The van der Waals surface area contributed by atoms with Crippen molar-refractivity contribution in [3.8, 4) is 5.75 Å². The van der Waals surface area contributed by atoms with Crippen LogP contribution in [0.25, 0.3) is 5.76 Å². The number of ketones is 1. The highest BCUT2D eigenvalue weighted by molar-refractivity contribution is 6.51. The van der Waals surface area contributed by atoms with Gasteiger partial charge in [0.2, 0.25) is 0 Å². The molecule has 1 saturated heterocycles. The molecule has 1 aliphatic rings. The number of aryl methyl sites for hydroxylation is 2. The smallest absolute Gasteiger partial charge is 0.416 e. The number of alkyl halides is 3. The van der Waals surface area contributed by atoms with Crippen LogP contribution in [0.5, 0.6) is 5.75 Å². The monoisotopic (exact) mass is 499 g/mol. The number of rotatable bonds is 4. The number of aliphatic hydroxyl groups excluding tert-OH is 1. The number of methoxy groups -OCH3 is 1. The first-order valence-corrected chi connectivity index (χ1v) is 10.8. The first-order valence-electron chi connectivity index (χ1n) is 10.8. The molecule has 1 amide bonds. The Bertz CT molecular complexity index is 1390. The normalized spacial score (nSPS) is 17.5. The Morgan fingerprint density at radius 1 is 0.972 bits per heavy atom. The van der Waals surface area contributed by atoms with Gasteiger partial charge in [0.1, 0.15) is 17.3 Å². The molecule has 0 bridgehead atoms. The molecule has 4 rings (SSSR count). The SMILES string of the molecule is COc1cc(C)c(/C(O)=C2\C(=O)C(=O)N(c3cccc(C(F)(F)F)c3)C2c2ccc(F)cc2)cc1C. The maximum atomic E-state index is 13.7. The molecular weight excluding hydrogens is 478 g/mol. The van der Waals surface area contributed by atoms with Crippen molar-refractivity contribution in [2.45, 2.75) is 26.1 Å². The topological polar surface area (TPSA) is 66.8 Å². The number of carbonyl (C=O) groups excluding carboxylic acids is 2. The molecule has 1 fully saturated rings. The van der Waals surface area contributed by atoms with Crippen molar-refractivity contribution in [3.05, 3.63) is 99.9 Å². The lowest BCUT2D eigenvalue weighted by Crippen LogP contribution is -2.29. The summed E-state index contributed by atoms with van der Waals surface area (Å²) in [6.07, 6.45) is -4.69. The van der Waals surface area contributed by atoms with Gasteiger partial charge in [-0.1, -0.05) is 18.2 Å². The lowest BCUT2D eigenvalue weighted by molar-refractivity contribution is -0.137. The van der Waals surface area contributed by atoms with Gasteiger partial charge >= 0.3 is 6.18 Å². The highest BCUT2D eigenvalue weighted by Crippen LogP contribution is 2.44. The third kappa shape index (κ3) is 4.32. The molecule has 36 heavy (non-hydrogen) atoms. The summed E-state index contributed by atoms with van der Waals surface area (Å²) in [6, 6.07) is 10.8. The number of halogens is 4. The fourth-order valence-electron chi connectivity index (χ4n) is 4.30. The quantitative estimate of drug-likeness (QED) is 0.204. The Labute approximate surface area is 204 Å². The first kappa shape index (κ1) is 25.0. The van der Waals surface area contributed by atoms with Gasteiger partial charge in [-0.05, 0) is 73.0 Å². The summed E-state index contributed by atoms with van der Waals surface area (Å²) in [5, 5.41) is 11.3. The lowest BCUT2D eigenvalue weighted by atomic mass is 9.93. The van der Waals surface area contributed by atoms with E-state index in [4.69, 9.17) is 4.74 Å². The van der Waals surface area contributed by atoms with E-state index in [2.05, 4.69) is 0 Å². The van der Waals surface area contributed by atoms with E-state index >= 15 is 0 Å². The Morgan fingerprint density at radius 3 is 2.25 bits per heavy atom. The minimum absolute atomic E-state index is 0.192. The van der Waals surface area contributed by atoms with Crippen molar-refractivity contribution >= 4 is 23.1 Å². The Hall–Kier alpha value is -4.14. The number of anilines is 1. The molecule has 9 heteroatoms. The molecule has 1 aliphatic heterocycles. The molecule has 3 aromatic carbocycles. The van der Waals surface area contributed by atoms with Crippen LogP contribution in [0.2, 0.25) is 0 Å². The number of nitrogens with zero attached hydrogens (tertiary/aromatic N) is 1. The predicted octanol–water partition coefficient (Wildman–Crippen LogP) is 6.10. The number of benzene rings is 3. The maximum absolute atomic E-state index is 13.7. The van der Waals surface area contributed by atoms with E-state index in [-0.39, 0.29) is 22.4 Å². The second-order valence-corrected chi connectivity index (χ2v) is 8.41. The van der Waals surface area contributed by atoms with Gasteiger partial charge in [0.05, 0.1) is 24.3 Å². The number of ether oxygens (including phenoxy) is 1. The number of aliphatic hydroxyl groups is 1. The van der Waals surface area contributed by atoms with E-state index in [1.807, 2.05) is 0 Å². The summed E-state index contributed by atoms with van der Waals surface area (Å²) in [5.74, 6) is -2.74. The van der Waals surface area contributed by atoms with E-state index in [0.29, 0.717) is 16.9 Å². The fraction of sp³-hybridized carbons (Fsp3) is 0.185. The molecule has 3 aromatic rings. The van der Waals surface area contributed by atoms with Gasteiger partial charge in [0.15, 0.2) is 0 Å². The van der Waals surface area contributed by atoms with Gasteiger partial charge in [-0.3, -0.25) is 14.5 Å². The van der Waals surface area contributed by atoms with Crippen molar-refractivity contribution < 1.29 is 37.0 Å². The average Bonchev–Trinajstić information content (AvgIpc) is 3.10. The number of Topliss-reactive ketones (excluding diaryl/α,β-unsaturated/α-hetero) is 1. The van der Waals surface area contributed by atoms with Crippen molar-refractivity contribution in [2.24, 2.45) is 0 Å². The third-order valence-corrected chi connectivity index (χ3v) is 6.08. The van der Waals surface area contributed by atoms with E-state index in [9.17, 15) is 32.3 Å². The van der Waals surface area contributed by atoms with E-state index in [1.54, 1.807) is 26.0 Å². The van der Waals surface area contributed by atoms with Gasteiger partial charge in [0, 0.05) is 11.3 Å². The third-order valence-electron chi connectivity index (χ3n) is 6.08. The van der Waals surface area contributed by atoms with Crippen molar-refractivity contribution in [2.75, 3.05) is 12.0 Å². The molecule has 0 aliphatic carbocycles. The Morgan fingerprint density at radius 2 is 1.64 bits per heavy atom. The second kappa shape index (κ2) is 9.14. The predicted molar refractivity (Wildman–Crippen MR) is 125 cm³/mol. The van der Waals surface area contributed by atoms with Crippen molar-refractivity contribution in [1.82, 2.24) is 0 Å². The van der Waals surface area contributed by atoms with Crippen LogP contribution in [0.4, 0.5) is 23.2 Å². The summed E-state index contributed by atoms with van der Waals surface area (Å²) < 4.78 is 59.1. The van der Waals surface area contributed by atoms with Gasteiger partial charge < -0.3 is 9.84 Å². The summed E-state index contributed by atoms with van der Waals surface area (Å²) in [4.78, 5) is 27.3. The zero-order valence-corrected chi connectivity index (χ0v) is 19.5. The number of amides is 1. The fourth-order valence-corrected chi connectivity index (χ4v) is 4.30. The lowest BCUT2D eigenvalue weighted by Gasteiger charge is -2.26. The first-order chi connectivity index (χ1) is 16.9. The van der Waals surface area contributed by atoms with Crippen LogP contribution in [0, 0.1) is 19.7 Å². The van der Waals surface area contributed by atoms with Crippen molar-refractivity contribution in [3.63, 3.8) is 0 Å². The van der Waals surface area contributed by atoms with E-state index in [1.165, 1.54) is 25.3 Å². The molecule has 1 unspecified atom stereocenters. The highest BCUT2D eigenvalue weighted by atomic mass is 19.4. The molecule has 0 aromatic heterocycles. The molecule has 0 saturated carbocycles. The van der Waals surface area contributed by atoms with Gasteiger partial charge in [-0.15, -0.1) is 0 Å². The summed E-state index contributed by atoms with van der Waals surface area (Å²) >= 11 is 0. The van der Waals surface area contributed by atoms with Crippen LogP contribution < -0.4 is 9.64 Å². The zero-order valence-electron chi connectivity index (χ0n) is 19.5. The standard InChI is InChI=1S/C27H21F4NO4/c1-14-12-21(36-3)15(2)11-20(14)24(33)22-23(16-7-9-18(28)10-8-16)32(26(35)25(22)34)19-6-4-5-17(13-19)27(29,30)31/h4-13,23,33H,1-3H3/b24-22+. The van der Waals surface area contributed by atoms with Crippen molar-refractivity contribution in [1.29, 1.82) is 0 Å². The molecular formula is C27H21F4NO4. The summed E-state index contributed by atoms with van der Waals surface area (Å²) in [6.45, 7) is 3.40. The summed E-state index contributed by atoms with van der Waals surface area (Å²) in [5.41, 5.74) is 0.147. The second-order valence-electron chi connectivity index (χ2n) is 8.41. The molecule has 186 valence electrons. The molecule has 0 radical (unpaired) electrons.